The van der Waals surface area contributed by atoms with E-state index >= 15 is 0 Å². The van der Waals surface area contributed by atoms with Gasteiger partial charge in [-0.05, 0) is 56.6 Å². The SMILES string of the molecule is COC(=O)CCC1CC(NC(=O)c2ccccc2)(C(=O)N2CCCCC2)C1. The summed E-state index contributed by atoms with van der Waals surface area (Å²) in [7, 11) is 1.38. The molecule has 2 aliphatic rings. The third-order valence-corrected chi connectivity index (χ3v) is 5.70. The molecule has 0 radical (unpaired) electrons. The van der Waals surface area contributed by atoms with Crippen LogP contribution in [0.15, 0.2) is 30.3 Å². The van der Waals surface area contributed by atoms with E-state index in [0.717, 1.165) is 32.4 Å². The van der Waals surface area contributed by atoms with Crippen molar-refractivity contribution in [1.82, 2.24) is 10.2 Å². The van der Waals surface area contributed by atoms with Gasteiger partial charge in [0.2, 0.25) is 5.91 Å². The van der Waals surface area contributed by atoms with Crippen LogP contribution < -0.4 is 5.32 Å². The molecular weight excluding hydrogens is 344 g/mol. The molecule has 27 heavy (non-hydrogen) atoms. The highest BCUT2D eigenvalue weighted by atomic mass is 16.5. The molecule has 1 N–H and O–H groups in total. The first kappa shape index (κ1) is 19.4. The van der Waals surface area contributed by atoms with Crippen LogP contribution in [0, 0.1) is 5.92 Å². The largest absolute Gasteiger partial charge is 0.469 e. The van der Waals surface area contributed by atoms with Crippen molar-refractivity contribution >= 4 is 17.8 Å². The molecule has 6 nitrogen and oxygen atoms in total. The molecule has 0 atom stereocenters. The molecule has 146 valence electrons. The molecule has 0 aromatic heterocycles. The van der Waals surface area contributed by atoms with Gasteiger partial charge in [-0.15, -0.1) is 0 Å². The van der Waals surface area contributed by atoms with Crippen molar-refractivity contribution in [2.45, 2.75) is 50.5 Å². The average molecular weight is 372 g/mol. The van der Waals surface area contributed by atoms with Gasteiger partial charge in [-0.25, -0.2) is 0 Å². The van der Waals surface area contributed by atoms with Crippen LogP contribution in [0.3, 0.4) is 0 Å². The zero-order chi connectivity index (χ0) is 19.3. The maximum Gasteiger partial charge on any atom is 0.305 e. The van der Waals surface area contributed by atoms with E-state index in [1.807, 2.05) is 23.1 Å². The van der Waals surface area contributed by atoms with E-state index in [4.69, 9.17) is 4.74 Å². The lowest BCUT2D eigenvalue weighted by molar-refractivity contribution is -0.146. The van der Waals surface area contributed by atoms with Crippen molar-refractivity contribution in [3.63, 3.8) is 0 Å². The number of carbonyl (C=O) groups excluding carboxylic acids is 3. The number of ether oxygens (including phenoxy) is 1. The highest BCUT2D eigenvalue weighted by Crippen LogP contribution is 2.42. The van der Waals surface area contributed by atoms with Crippen LogP contribution in [-0.4, -0.2) is 48.4 Å². The fourth-order valence-corrected chi connectivity index (χ4v) is 4.16. The van der Waals surface area contributed by atoms with E-state index in [-0.39, 0.29) is 23.7 Å². The van der Waals surface area contributed by atoms with Crippen LogP contribution in [0.1, 0.15) is 55.3 Å². The average Bonchev–Trinajstić information content (AvgIpc) is 2.69. The molecule has 3 rings (SSSR count). The molecule has 2 amide bonds. The summed E-state index contributed by atoms with van der Waals surface area (Å²) < 4.78 is 4.70. The van der Waals surface area contributed by atoms with Crippen LogP contribution in [0.4, 0.5) is 0 Å². The van der Waals surface area contributed by atoms with Gasteiger partial charge >= 0.3 is 5.97 Å². The third kappa shape index (κ3) is 4.49. The van der Waals surface area contributed by atoms with Crippen molar-refractivity contribution in [1.29, 1.82) is 0 Å². The minimum absolute atomic E-state index is 0.0285. The van der Waals surface area contributed by atoms with Crippen LogP contribution in [0.2, 0.25) is 0 Å². The summed E-state index contributed by atoms with van der Waals surface area (Å²) in [5.41, 5.74) is -0.285. The summed E-state index contributed by atoms with van der Waals surface area (Å²) in [6, 6.07) is 8.99. The standard InChI is InChI=1S/C21H28N2O4/c1-27-18(24)11-10-16-14-21(15-16,20(26)23-12-6-3-7-13-23)22-19(25)17-8-4-2-5-9-17/h2,4-5,8-9,16H,3,6-7,10-15H2,1H3,(H,22,25). The summed E-state index contributed by atoms with van der Waals surface area (Å²) in [4.78, 5) is 39.2. The number of likely N-dealkylation sites (tertiary alicyclic amines) is 1. The number of piperidine rings is 1. The fraction of sp³-hybridized carbons (Fsp3) is 0.571. The predicted molar refractivity (Wildman–Crippen MR) is 101 cm³/mol. The summed E-state index contributed by atoms with van der Waals surface area (Å²) >= 11 is 0. The molecule has 1 aliphatic heterocycles. The minimum Gasteiger partial charge on any atom is -0.469 e. The van der Waals surface area contributed by atoms with Crippen LogP contribution in [-0.2, 0) is 14.3 Å². The highest BCUT2D eigenvalue weighted by molar-refractivity contribution is 5.99. The maximum absolute atomic E-state index is 13.2. The molecule has 0 unspecified atom stereocenters. The second kappa shape index (κ2) is 8.55. The fourth-order valence-electron chi connectivity index (χ4n) is 4.16. The lowest BCUT2D eigenvalue weighted by Crippen LogP contribution is -2.66. The van der Waals surface area contributed by atoms with Gasteiger partial charge in [0.1, 0.15) is 5.54 Å². The van der Waals surface area contributed by atoms with Crippen LogP contribution >= 0.6 is 0 Å². The highest BCUT2D eigenvalue weighted by Gasteiger charge is 2.52. The van der Waals surface area contributed by atoms with E-state index in [9.17, 15) is 14.4 Å². The monoisotopic (exact) mass is 372 g/mol. The van der Waals surface area contributed by atoms with Crippen molar-refractivity contribution < 1.29 is 19.1 Å². The van der Waals surface area contributed by atoms with Gasteiger partial charge in [0, 0.05) is 25.1 Å². The van der Waals surface area contributed by atoms with Crippen molar-refractivity contribution in [3.8, 4) is 0 Å². The van der Waals surface area contributed by atoms with Gasteiger partial charge in [0.15, 0.2) is 0 Å². The Balaban J connectivity index is 1.69. The Kier molecular flexibility index (Phi) is 6.14. The van der Waals surface area contributed by atoms with Gasteiger partial charge in [0.05, 0.1) is 7.11 Å². The first-order valence-electron chi connectivity index (χ1n) is 9.78. The van der Waals surface area contributed by atoms with Crippen LogP contribution in [0.25, 0.3) is 0 Å². The second-order valence-corrected chi connectivity index (χ2v) is 7.64. The Morgan fingerprint density at radius 3 is 2.41 bits per heavy atom. The smallest absolute Gasteiger partial charge is 0.305 e. The Hall–Kier alpha value is -2.37. The second-order valence-electron chi connectivity index (χ2n) is 7.64. The molecule has 1 aliphatic carbocycles. The number of hydrogen-bond acceptors (Lipinski definition) is 4. The van der Waals surface area contributed by atoms with E-state index in [1.165, 1.54) is 7.11 Å². The normalized spacial score (nSPS) is 24.6. The van der Waals surface area contributed by atoms with Gasteiger partial charge in [0.25, 0.3) is 5.91 Å². The molecule has 2 fully saturated rings. The Morgan fingerprint density at radius 1 is 1.11 bits per heavy atom. The van der Waals surface area contributed by atoms with Crippen molar-refractivity contribution in [2.75, 3.05) is 20.2 Å². The number of amides is 2. The Labute approximate surface area is 160 Å². The Bertz CT molecular complexity index is 677. The van der Waals surface area contributed by atoms with E-state index in [1.54, 1.807) is 12.1 Å². The Morgan fingerprint density at radius 2 is 1.78 bits per heavy atom. The number of hydrogen-bond donors (Lipinski definition) is 1. The topological polar surface area (TPSA) is 75.7 Å². The lowest BCUT2D eigenvalue weighted by Gasteiger charge is -2.49. The number of esters is 1. The number of methoxy groups -OCH3 is 1. The van der Waals surface area contributed by atoms with Gasteiger partial charge in [-0.3, -0.25) is 14.4 Å². The number of benzene rings is 1. The lowest BCUT2D eigenvalue weighted by atomic mass is 9.65. The molecule has 1 aromatic carbocycles. The summed E-state index contributed by atoms with van der Waals surface area (Å²) in [6.07, 6.45) is 5.37. The number of nitrogens with zero attached hydrogens (tertiary/aromatic N) is 1. The van der Waals surface area contributed by atoms with Gasteiger partial charge in [-0.2, -0.15) is 0 Å². The molecule has 0 bridgehead atoms. The summed E-state index contributed by atoms with van der Waals surface area (Å²) in [5, 5.41) is 3.03. The van der Waals surface area contributed by atoms with E-state index in [0.29, 0.717) is 31.2 Å². The molecule has 0 spiro atoms. The van der Waals surface area contributed by atoms with Crippen molar-refractivity contribution in [2.24, 2.45) is 5.92 Å². The zero-order valence-corrected chi connectivity index (χ0v) is 15.9. The molecule has 6 heteroatoms. The first-order valence-corrected chi connectivity index (χ1v) is 9.78. The summed E-state index contributed by atoms with van der Waals surface area (Å²) in [6.45, 7) is 1.52. The number of nitrogens with one attached hydrogen (secondary N) is 1. The number of carbonyl (C=O) groups is 3. The number of rotatable bonds is 6. The summed E-state index contributed by atoms with van der Waals surface area (Å²) in [5.74, 6) is -0.176. The van der Waals surface area contributed by atoms with Crippen molar-refractivity contribution in [3.05, 3.63) is 35.9 Å². The van der Waals surface area contributed by atoms with E-state index < -0.39 is 5.54 Å². The first-order chi connectivity index (χ1) is 13.0. The molecule has 1 saturated heterocycles. The molecular formula is C21H28N2O4. The van der Waals surface area contributed by atoms with Crippen LogP contribution in [0.5, 0.6) is 0 Å². The van der Waals surface area contributed by atoms with Gasteiger partial charge < -0.3 is 15.0 Å². The zero-order valence-electron chi connectivity index (χ0n) is 15.9. The maximum atomic E-state index is 13.2. The minimum atomic E-state index is -0.842. The predicted octanol–water partition coefficient (Wildman–Crippen LogP) is 2.53. The van der Waals surface area contributed by atoms with Gasteiger partial charge in [-0.1, -0.05) is 18.2 Å². The molecule has 1 saturated carbocycles. The quantitative estimate of drug-likeness (QED) is 0.779. The van der Waals surface area contributed by atoms with E-state index in [2.05, 4.69) is 5.32 Å². The molecule has 1 aromatic rings. The third-order valence-electron chi connectivity index (χ3n) is 5.70. The molecule has 1 heterocycles.